The third-order valence-electron chi connectivity index (χ3n) is 4.32. The summed E-state index contributed by atoms with van der Waals surface area (Å²) in [5, 5.41) is 10.6. The second-order valence-electron chi connectivity index (χ2n) is 6.56. The summed E-state index contributed by atoms with van der Waals surface area (Å²) >= 11 is 0. The minimum atomic E-state index is 0. The molecule has 29 heavy (non-hydrogen) atoms. The van der Waals surface area contributed by atoms with Crippen molar-refractivity contribution in [3.05, 3.63) is 35.7 Å². The fourth-order valence-electron chi connectivity index (χ4n) is 2.60. The molecule has 0 aliphatic heterocycles. The van der Waals surface area contributed by atoms with Crippen molar-refractivity contribution in [1.29, 1.82) is 0 Å². The van der Waals surface area contributed by atoms with Crippen LogP contribution in [0, 0.1) is 0 Å². The molecule has 8 heteroatoms. The van der Waals surface area contributed by atoms with Gasteiger partial charge >= 0.3 is 0 Å². The van der Waals surface area contributed by atoms with E-state index in [1.807, 2.05) is 19.1 Å². The molecule has 0 bridgehead atoms. The van der Waals surface area contributed by atoms with E-state index in [9.17, 15) is 0 Å². The minimum Gasteiger partial charge on any atom is -0.381 e. The standard InChI is InChI=1S/C21H33N5O2.HI/c1-4-6-15-27-16-7-13-23-21(22-3)24-14-12-17-8-10-18(11-9-17)20-25-19(5-2)26-28-20;/h8-11H,4-7,12-16H2,1-3H3,(H2,22,23,24);1H. The number of nitrogens with one attached hydrogen (secondary N) is 2. The Kier molecular flexibility index (Phi) is 13.3. The lowest BCUT2D eigenvalue weighted by molar-refractivity contribution is 0.129. The van der Waals surface area contributed by atoms with Crippen molar-refractivity contribution in [3.63, 3.8) is 0 Å². The van der Waals surface area contributed by atoms with Crippen LogP contribution in [0.4, 0.5) is 0 Å². The van der Waals surface area contributed by atoms with E-state index in [0.717, 1.165) is 69.3 Å². The summed E-state index contributed by atoms with van der Waals surface area (Å²) in [6.07, 6.45) is 4.96. The van der Waals surface area contributed by atoms with Crippen molar-refractivity contribution in [3.8, 4) is 11.5 Å². The molecule has 0 aliphatic carbocycles. The van der Waals surface area contributed by atoms with E-state index in [-0.39, 0.29) is 24.0 Å². The molecule has 0 fully saturated rings. The van der Waals surface area contributed by atoms with E-state index < -0.39 is 0 Å². The van der Waals surface area contributed by atoms with Gasteiger partial charge in [0.25, 0.3) is 5.89 Å². The molecule has 0 aliphatic rings. The van der Waals surface area contributed by atoms with Gasteiger partial charge in [-0.3, -0.25) is 4.99 Å². The van der Waals surface area contributed by atoms with Gasteiger partial charge in [0.1, 0.15) is 0 Å². The molecule has 1 aromatic heterocycles. The largest absolute Gasteiger partial charge is 0.381 e. The lowest BCUT2D eigenvalue weighted by Gasteiger charge is -2.12. The molecule has 0 saturated carbocycles. The Morgan fingerprint density at radius 3 is 2.45 bits per heavy atom. The maximum atomic E-state index is 5.56. The van der Waals surface area contributed by atoms with Crippen LogP contribution in [0.5, 0.6) is 0 Å². The van der Waals surface area contributed by atoms with Gasteiger partial charge in [-0.2, -0.15) is 4.98 Å². The number of aryl methyl sites for hydroxylation is 1. The molecule has 162 valence electrons. The molecule has 2 rings (SSSR count). The average Bonchev–Trinajstić information content (AvgIpc) is 3.21. The molecular formula is C21H34IN5O2. The smallest absolute Gasteiger partial charge is 0.257 e. The third-order valence-corrected chi connectivity index (χ3v) is 4.32. The first-order valence-corrected chi connectivity index (χ1v) is 10.2. The van der Waals surface area contributed by atoms with E-state index >= 15 is 0 Å². The molecule has 2 N–H and O–H groups in total. The molecule has 7 nitrogen and oxygen atoms in total. The summed E-state index contributed by atoms with van der Waals surface area (Å²) in [7, 11) is 1.79. The zero-order valence-corrected chi connectivity index (χ0v) is 20.1. The third kappa shape index (κ3) is 9.58. The zero-order chi connectivity index (χ0) is 20.0. The number of rotatable bonds is 12. The van der Waals surface area contributed by atoms with E-state index in [1.54, 1.807) is 7.05 Å². The van der Waals surface area contributed by atoms with Gasteiger partial charge in [-0.15, -0.1) is 24.0 Å². The molecule has 0 saturated heterocycles. The van der Waals surface area contributed by atoms with Gasteiger partial charge in [0.05, 0.1) is 0 Å². The number of benzene rings is 1. The van der Waals surface area contributed by atoms with Gasteiger partial charge in [-0.05, 0) is 37.0 Å². The van der Waals surface area contributed by atoms with Gasteiger partial charge in [-0.1, -0.05) is 37.6 Å². The number of aliphatic imine (C=N–C) groups is 1. The van der Waals surface area contributed by atoms with Crippen LogP contribution >= 0.6 is 24.0 Å². The number of ether oxygens (including phenoxy) is 1. The quantitative estimate of drug-likeness (QED) is 0.194. The first-order chi connectivity index (χ1) is 13.8. The van der Waals surface area contributed by atoms with Gasteiger partial charge < -0.3 is 19.9 Å². The molecule has 2 aromatic rings. The second-order valence-corrected chi connectivity index (χ2v) is 6.56. The molecule has 0 radical (unpaired) electrons. The summed E-state index contributed by atoms with van der Waals surface area (Å²) in [5.41, 5.74) is 2.19. The maximum Gasteiger partial charge on any atom is 0.257 e. The Morgan fingerprint density at radius 2 is 1.79 bits per heavy atom. The molecule has 1 heterocycles. The highest BCUT2D eigenvalue weighted by atomic mass is 127. The van der Waals surface area contributed by atoms with Crippen LogP contribution in [-0.4, -0.2) is 49.5 Å². The molecule has 0 spiro atoms. The fraction of sp³-hybridized carbons (Fsp3) is 0.571. The number of hydrogen-bond acceptors (Lipinski definition) is 5. The van der Waals surface area contributed by atoms with E-state index in [2.05, 4.69) is 44.8 Å². The number of aromatic nitrogens is 2. The van der Waals surface area contributed by atoms with Crippen LogP contribution in [0.15, 0.2) is 33.8 Å². The summed E-state index contributed by atoms with van der Waals surface area (Å²) in [6, 6.07) is 8.23. The summed E-state index contributed by atoms with van der Waals surface area (Å²) < 4.78 is 10.8. The highest BCUT2D eigenvalue weighted by Gasteiger charge is 2.07. The van der Waals surface area contributed by atoms with Crippen LogP contribution in [0.3, 0.4) is 0 Å². The van der Waals surface area contributed by atoms with Crippen molar-refractivity contribution in [2.45, 2.75) is 46.0 Å². The maximum absolute atomic E-state index is 5.56. The summed E-state index contributed by atoms with van der Waals surface area (Å²) in [6.45, 7) is 7.49. The van der Waals surface area contributed by atoms with Crippen LogP contribution in [0.1, 0.15) is 44.5 Å². The van der Waals surface area contributed by atoms with Gasteiger partial charge in [0, 0.05) is 45.3 Å². The fourth-order valence-corrected chi connectivity index (χ4v) is 2.60. The van der Waals surface area contributed by atoms with Crippen molar-refractivity contribution in [2.75, 3.05) is 33.4 Å². The van der Waals surface area contributed by atoms with E-state index in [1.165, 1.54) is 12.0 Å². The number of guanidine groups is 1. The van der Waals surface area contributed by atoms with E-state index in [0.29, 0.717) is 5.89 Å². The number of hydrogen-bond donors (Lipinski definition) is 2. The molecule has 0 atom stereocenters. The summed E-state index contributed by atoms with van der Waals surface area (Å²) in [4.78, 5) is 8.61. The Morgan fingerprint density at radius 1 is 1.07 bits per heavy atom. The molecular weight excluding hydrogens is 481 g/mol. The monoisotopic (exact) mass is 515 g/mol. The first kappa shape index (κ1) is 25.4. The molecule has 1 aromatic carbocycles. The van der Waals surface area contributed by atoms with Crippen LogP contribution in [0.25, 0.3) is 11.5 Å². The van der Waals surface area contributed by atoms with Crippen molar-refractivity contribution < 1.29 is 9.26 Å². The highest BCUT2D eigenvalue weighted by molar-refractivity contribution is 14.0. The Bertz CT molecular complexity index is 703. The van der Waals surface area contributed by atoms with Crippen molar-refractivity contribution in [1.82, 2.24) is 20.8 Å². The molecule has 0 amide bonds. The lowest BCUT2D eigenvalue weighted by Crippen LogP contribution is -2.39. The minimum absolute atomic E-state index is 0. The van der Waals surface area contributed by atoms with Crippen molar-refractivity contribution in [2.24, 2.45) is 4.99 Å². The first-order valence-electron chi connectivity index (χ1n) is 10.2. The SMILES string of the molecule is CCCCOCCCNC(=NC)NCCc1ccc(-c2nc(CC)no2)cc1.I. The Hall–Kier alpha value is -1.68. The zero-order valence-electron chi connectivity index (χ0n) is 17.7. The van der Waals surface area contributed by atoms with Gasteiger partial charge in [-0.25, -0.2) is 0 Å². The number of unbranched alkanes of at least 4 members (excludes halogenated alkanes) is 1. The van der Waals surface area contributed by atoms with E-state index in [4.69, 9.17) is 9.26 Å². The predicted molar refractivity (Wildman–Crippen MR) is 128 cm³/mol. The second kappa shape index (κ2) is 15.2. The number of nitrogens with zero attached hydrogens (tertiary/aromatic N) is 3. The van der Waals surface area contributed by atoms with Crippen molar-refractivity contribution >= 4 is 29.9 Å². The highest BCUT2D eigenvalue weighted by Crippen LogP contribution is 2.18. The Labute approximate surface area is 191 Å². The summed E-state index contributed by atoms with van der Waals surface area (Å²) in [5.74, 6) is 2.13. The normalized spacial score (nSPS) is 11.2. The van der Waals surface area contributed by atoms with Crippen LogP contribution < -0.4 is 10.6 Å². The topological polar surface area (TPSA) is 84.6 Å². The van der Waals surface area contributed by atoms with Gasteiger partial charge in [0.2, 0.25) is 0 Å². The Balaban J connectivity index is 0.00000420. The van der Waals surface area contributed by atoms with Gasteiger partial charge in [0.15, 0.2) is 11.8 Å². The molecule has 0 unspecified atom stereocenters. The van der Waals surface area contributed by atoms with Crippen LogP contribution in [-0.2, 0) is 17.6 Å². The van der Waals surface area contributed by atoms with Crippen LogP contribution in [0.2, 0.25) is 0 Å². The average molecular weight is 515 g/mol. The lowest BCUT2D eigenvalue weighted by atomic mass is 10.1. The number of halogens is 1. The predicted octanol–water partition coefficient (Wildman–Crippen LogP) is 3.83.